The summed E-state index contributed by atoms with van der Waals surface area (Å²) < 4.78 is 5.87. The first-order valence-corrected chi connectivity index (χ1v) is 5.67. The van der Waals surface area contributed by atoms with Crippen molar-refractivity contribution in [1.29, 1.82) is 0 Å². The van der Waals surface area contributed by atoms with Crippen molar-refractivity contribution in [3.8, 4) is 0 Å². The number of fused-ring (bicyclic) bond motifs is 1. The van der Waals surface area contributed by atoms with Gasteiger partial charge in [0.25, 0.3) is 0 Å². The van der Waals surface area contributed by atoms with E-state index in [1.807, 2.05) is 0 Å². The van der Waals surface area contributed by atoms with Crippen LogP contribution in [0.2, 0.25) is 0 Å². The number of hydrogen-bond donors (Lipinski definition) is 1. The fourth-order valence-electron chi connectivity index (χ4n) is 2.55. The van der Waals surface area contributed by atoms with Gasteiger partial charge in [-0.3, -0.25) is 0 Å². The third kappa shape index (κ3) is 2.05. The number of hydrogen-bond acceptors (Lipinski definition) is 2. The topological polar surface area (TPSA) is 21.3 Å². The molecule has 0 bridgehead atoms. The van der Waals surface area contributed by atoms with Crippen LogP contribution in [-0.2, 0) is 4.74 Å². The Bertz CT molecular complexity index is 171. The average molecular weight is 183 g/mol. The molecule has 2 nitrogen and oxygen atoms in total. The van der Waals surface area contributed by atoms with Crippen molar-refractivity contribution in [2.75, 3.05) is 6.61 Å². The molecule has 1 saturated carbocycles. The lowest BCUT2D eigenvalue weighted by Crippen LogP contribution is -2.55. The summed E-state index contributed by atoms with van der Waals surface area (Å²) in [5.74, 6) is 0.882. The summed E-state index contributed by atoms with van der Waals surface area (Å²) in [6, 6.07) is 1.24. The molecule has 0 aromatic carbocycles. The molecular formula is C11H21NO. The van der Waals surface area contributed by atoms with Gasteiger partial charge in [0.2, 0.25) is 0 Å². The van der Waals surface area contributed by atoms with Crippen molar-refractivity contribution < 1.29 is 4.74 Å². The van der Waals surface area contributed by atoms with E-state index in [1.165, 1.54) is 25.7 Å². The molecular weight excluding hydrogens is 162 g/mol. The minimum absolute atomic E-state index is 0.513. The maximum atomic E-state index is 5.87. The predicted molar refractivity (Wildman–Crippen MR) is 53.8 cm³/mol. The molecule has 1 heterocycles. The van der Waals surface area contributed by atoms with Crippen molar-refractivity contribution in [1.82, 2.24) is 5.32 Å². The zero-order chi connectivity index (χ0) is 9.26. The van der Waals surface area contributed by atoms with E-state index in [9.17, 15) is 0 Å². The van der Waals surface area contributed by atoms with E-state index in [4.69, 9.17) is 4.74 Å². The molecule has 4 atom stereocenters. The van der Waals surface area contributed by atoms with Crippen LogP contribution in [-0.4, -0.2) is 24.8 Å². The van der Waals surface area contributed by atoms with Crippen LogP contribution < -0.4 is 5.32 Å². The average Bonchev–Trinajstić information content (AvgIpc) is 2.16. The second kappa shape index (κ2) is 3.97. The van der Waals surface area contributed by atoms with E-state index < -0.39 is 0 Å². The van der Waals surface area contributed by atoms with Crippen LogP contribution in [0.25, 0.3) is 0 Å². The third-order valence-electron chi connectivity index (χ3n) is 3.50. The van der Waals surface area contributed by atoms with Crippen LogP contribution in [0.4, 0.5) is 0 Å². The molecule has 0 aromatic heterocycles. The standard InChI is InChI=1S/C11H21NO/c1-3-9-7-13-11-5-4-8(2)6-10(11)12-9/h8-12H,3-7H2,1-2H3. The molecule has 2 aliphatic rings. The van der Waals surface area contributed by atoms with E-state index in [-0.39, 0.29) is 0 Å². The molecule has 1 N–H and O–H groups in total. The van der Waals surface area contributed by atoms with Crippen LogP contribution in [0.1, 0.15) is 39.5 Å². The minimum atomic E-state index is 0.513. The van der Waals surface area contributed by atoms with Gasteiger partial charge in [0.05, 0.1) is 12.7 Å². The van der Waals surface area contributed by atoms with Crippen molar-refractivity contribution in [2.24, 2.45) is 5.92 Å². The molecule has 0 aromatic rings. The Morgan fingerprint density at radius 3 is 3.00 bits per heavy atom. The number of rotatable bonds is 1. The Hall–Kier alpha value is -0.0800. The van der Waals surface area contributed by atoms with E-state index >= 15 is 0 Å². The van der Waals surface area contributed by atoms with Gasteiger partial charge in [0.15, 0.2) is 0 Å². The second-order valence-corrected chi connectivity index (χ2v) is 4.67. The summed E-state index contributed by atoms with van der Waals surface area (Å²) in [7, 11) is 0. The summed E-state index contributed by atoms with van der Waals surface area (Å²) >= 11 is 0. The molecule has 2 heteroatoms. The first kappa shape index (κ1) is 9.47. The highest BCUT2D eigenvalue weighted by molar-refractivity contribution is 4.90. The number of ether oxygens (including phenoxy) is 1. The van der Waals surface area contributed by atoms with Gasteiger partial charge in [-0.2, -0.15) is 0 Å². The van der Waals surface area contributed by atoms with E-state index in [1.54, 1.807) is 0 Å². The fraction of sp³-hybridized carbons (Fsp3) is 1.00. The van der Waals surface area contributed by atoms with Crippen molar-refractivity contribution in [3.63, 3.8) is 0 Å². The quantitative estimate of drug-likeness (QED) is 0.671. The highest BCUT2D eigenvalue weighted by Gasteiger charge is 2.33. The normalized spacial score (nSPS) is 45.7. The minimum Gasteiger partial charge on any atom is -0.375 e. The highest BCUT2D eigenvalue weighted by atomic mass is 16.5. The number of nitrogens with one attached hydrogen (secondary N) is 1. The Labute approximate surface area is 81.0 Å². The largest absolute Gasteiger partial charge is 0.375 e. The van der Waals surface area contributed by atoms with Gasteiger partial charge in [-0.25, -0.2) is 0 Å². The summed E-state index contributed by atoms with van der Waals surface area (Å²) in [5, 5.41) is 3.71. The summed E-state index contributed by atoms with van der Waals surface area (Å²) in [4.78, 5) is 0. The molecule has 4 unspecified atom stereocenters. The maximum absolute atomic E-state index is 5.87. The van der Waals surface area contributed by atoms with E-state index in [0.29, 0.717) is 18.2 Å². The van der Waals surface area contributed by atoms with Gasteiger partial charge in [0.1, 0.15) is 0 Å². The smallest absolute Gasteiger partial charge is 0.0729 e. The van der Waals surface area contributed by atoms with Crippen LogP contribution >= 0.6 is 0 Å². The lowest BCUT2D eigenvalue weighted by Gasteiger charge is -2.42. The maximum Gasteiger partial charge on any atom is 0.0729 e. The van der Waals surface area contributed by atoms with E-state index in [0.717, 1.165) is 12.5 Å². The molecule has 1 aliphatic heterocycles. The zero-order valence-corrected chi connectivity index (χ0v) is 8.75. The lowest BCUT2D eigenvalue weighted by molar-refractivity contribution is -0.0537. The van der Waals surface area contributed by atoms with Gasteiger partial charge in [-0.1, -0.05) is 13.8 Å². The summed E-state index contributed by atoms with van der Waals surface area (Å²) in [6.07, 6.45) is 5.62. The molecule has 2 fully saturated rings. The Kier molecular flexibility index (Phi) is 2.89. The Morgan fingerprint density at radius 1 is 1.38 bits per heavy atom. The SMILES string of the molecule is CCC1COC2CCC(C)CC2N1. The Morgan fingerprint density at radius 2 is 2.23 bits per heavy atom. The molecule has 2 rings (SSSR count). The van der Waals surface area contributed by atoms with Crippen LogP contribution in [0, 0.1) is 5.92 Å². The van der Waals surface area contributed by atoms with E-state index in [2.05, 4.69) is 19.2 Å². The second-order valence-electron chi connectivity index (χ2n) is 4.67. The monoisotopic (exact) mass is 183 g/mol. The van der Waals surface area contributed by atoms with Crippen molar-refractivity contribution >= 4 is 0 Å². The molecule has 0 amide bonds. The molecule has 1 saturated heterocycles. The Balaban J connectivity index is 1.91. The third-order valence-corrected chi connectivity index (χ3v) is 3.50. The molecule has 1 aliphatic carbocycles. The van der Waals surface area contributed by atoms with Crippen molar-refractivity contribution in [2.45, 2.75) is 57.7 Å². The molecule has 0 spiro atoms. The van der Waals surface area contributed by atoms with Gasteiger partial charge in [-0.05, 0) is 31.6 Å². The highest BCUT2D eigenvalue weighted by Crippen LogP contribution is 2.28. The first-order valence-electron chi connectivity index (χ1n) is 5.67. The van der Waals surface area contributed by atoms with Gasteiger partial charge in [0, 0.05) is 12.1 Å². The van der Waals surface area contributed by atoms with Crippen LogP contribution in [0.5, 0.6) is 0 Å². The van der Waals surface area contributed by atoms with Crippen LogP contribution in [0.15, 0.2) is 0 Å². The van der Waals surface area contributed by atoms with Gasteiger partial charge in [-0.15, -0.1) is 0 Å². The van der Waals surface area contributed by atoms with Crippen LogP contribution in [0.3, 0.4) is 0 Å². The summed E-state index contributed by atoms with van der Waals surface area (Å²) in [6.45, 7) is 5.51. The lowest BCUT2D eigenvalue weighted by atomic mass is 9.83. The fourth-order valence-corrected chi connectivity index (χ4v) is 2.55. The summed E-state index contributed by atoms with van der Waals surface area (Å²) in [5.41, 5.74) is 0. The van der Waals surface area contributed by atoms with Gasteiger partial charge < -0.3 is 10.1 Å². The predicted octanol–water partition coefficient (Wildman–Crippen LogP) is 1.94. The molecule has 76 valence electrons. The zero-order valence-electron chi connectivity index (χ0n) is 8.75. The molecule has 0 radical (unpaired) electrons. The number of morpholine rings is 1. The molecule has 13 heavy (non-hydrogen) atoms. The first-order chi connectivity index (χ1) is 6.29. The van der Waals surface area contributed by atoms with Crippen molar-refractivity contribution in [3.05, 3.63) is 0 Å². The van der Waals surface area contributed by atoms with Gasteiger partial charge >= 0.3 is 0 Å².